The van der Waals surface area contributed by atoms with Crippen molar-refractivity contribution in [3.63, 3.8) is 0 Å². The molecular formula is C15H12F3N5. The van der Waals surface area contributed by atoms with Gasteiger partial charge >= 0.3 is 6.18 Å². The lowest BCUT2D eigenvalue weighted by Crippen LogP contribution is -2.04. The number of hydrogen-bond donors (Lipinski definition) is 2. The lowest BCUT2D eigenvalue weighted by atomic mass is 10.1. The predicted octanol–water partition coefficient (Wildman–Crippen LogP) is 3.94. The number of aromatic amines is 1. The number of aromatic nitrogens is 4. The fraction of sp³-hybridized carbons (Fsp3) is 0.133. The Hall–Kier alpha value is -2.90. The highest BCUT2D eigenvalue weighted by Gasteiger charge is 2.29. The van der Waals surface area contributed by atoms with Gasteiger partial charge in [-0.25, -0.2) is 0 Å². The summed E-state index contributed by atoms with van der Waals surface area (Å²) in [5.74, 6) is 0.402. The van der Waals surface area contributed by atoms with Crippen LogP contribution < -0.4 is 5.32 Å². The Morgan fingerprint density at radius 3 is 2.39 bits per heavy atom. The molecule has 5 nitrogen and oxygen atoms in total. The largest absolute Gasteiger partial charge is 0.416 e. The standard InChI is InChI=1S/C15H12F3N5/c1-9-2-7-12(14-20-22-23-21-14)13(8-9)19-11-5-3-10(4-6-11)15(16,17)18/h2-8,19H,1H3,(H,20,21,22,23). The molecule has 3 rings (SSSR count). The van der Waals surface area contributed by atoms with Crippen molar-refractivity contribution in [1.82, 2.24) is 20.6 Å². The first-order valence-corrected chi connectivity index (χ1v) is 6.72. The molecule has 2 N–H and O–H groups in total. The number of benzene rings is 2. The first-order chi connectivity index (χ1) is 10.9. The molecule has 0 radical (unpaired) electrons. The molecule has 0 aliphatic carbocycles. The molecule has 0 unspecified atom stereocenters. The third kappa shape index (κ3) is 3.31. The maximum absolute atomic E-state index is 12.6. The van der Waals surface area contributed by atoms with Crippen LogP contribution in [0.3, 0.4) is 0 Å². The van der Waals surface area contributed by atoms with Gasteiger partial charge in [0, 0.05) is 16.9 Å². The molecule has 118 valence electrons. The van der Waals surface area contributed by atoms with Gasteiger partial charge in [0.05, 0.1) is 5.56 Å². The minimum absolute atomic E-state index is 0.402. The molecule has 0 fully saturated rings. The quantitative estimate of drug-likeness (QED) is 0.767. The normalized spacial score (nSPS) is 11.5. The minimum Gasteiger partial charge on any atom is -0.355 e. The van der Waals surface area contributed by atoms with Gasteiger partial charge < -0.3 is 5.32 Å². The molecule has 23 heavy (non-hydrogen) atoms. The van der Waals surface area contributed by atoms with E-state index in [2.05, 4.69) is 25.9 Å². The summed E-state index contributed by atoms with van der Waals surface area (Å²) in [6.07, 6.45) is -4.35. The zero-order valence-electron chi connectivity index (χ0n) is 12.0. The zero-order chi connectivity index (χ0) is 16.4. The van der Waals surface area contributed by atoms with Gasteiger partial charge in [0.25, 0.3) is 0 Å². The van der Waals surface area contributed by atoms with Gasteiger partial charge in [-0.05, 0) is 54.1 Å². The van der Waals surface area contributed by atoms with Crippen LogP contribution in [0.15, 0.2) is 42.5 Å². The second kappa shape index (κ2) is 5.71. The second-order valence-corrected chi connectivity index (χ2v) is 4.98. The van der Waals surface area contributed by atoms with E-state index in [1.54, 1.807) is 0 Å². The molecule has 1 heterocycles. The molecule has 0 spiro atoms. The van der Waals surface area contributed by atoms with E-state index in [9.17, 15) is 13.2 Å². The van der Waals surface area contributed by atoms with E-state index < -0.39 is 11.7 Å². The summed E-state index contributed by atoms with van der Waals surface area (Å²) in [6, 6.07) is 10.4. The van der Waals surface area contributed by atoms with Gasteiger partial charge in [-0.15, -0.1) is 10.2 Å². The molecule has 0 amide bonds. The molecule has 0 bridgehead atoms. The van der Waals surface area contributed by atoms with E-state index in [-0.39, 0.29) is 0 Å². The van der Waals surface area contributed by atoms with Gasteiger partial charge in [-0.2, -0.15) is 18.4 Å². The average Bonchev–Trinajstić information content (AvgIpc) is 3.01. The number of halogens is 3. The van der Waals surface area contributed by atoms with Gasteiger partial charge in [0.1, 0.15) is 0 Å². The van der Waals surface area contributed by atoms with Crippen LogP contribution in [0, 0.1) is 6.92 Å². The summed E-state index contributed by atoms with van der Waals surface area (Å²) in [5.41, 5.74) is 2.22. The van der Waals surface area contributed by atoms with Crippen LogP contribution in [0.4, 0.5) is 24.5 Å². The first kappa shape index (κ1) is 15.0. The Balaban J connectivity index is 1.92. The van der Waals surface area contributed by atoms with Crippen molar-refractivity contribution < 1.29 is 13.2 Å². The lowest BCUT2D eigenvalue weighted by Gasteiger charge is -2.12. The molecule has 3 aromatic rings. The predicted molar refractivity (Wildman–Crippen MR) is 79.1 cm³/mol. The smallest absolute Gasteiger partial charge is 0.355 e. The van der Waals surface area contributed by atoms with Crippen molar-refractivity contribution in [3.05, 3.63) is 53.6 Å². The Bertz CT molecular complexity index is 795. The molecule has 0 aliphatic heterocycles. The van der Waals surface area contributed by atoms with Crippen LogP contribution in [0.5, 0.6) is 0 Å². The molecule has 0 aliphatic rings. The topological polar surface area (TPSA) is 66.5 Å². The van der Waals surface area contributed by atoms with Crippen LogP contribution in [0.25, 0.3) is 11.4 Å². The summed E-state index contributed by atoms with van der Waals surface area (Å²) >= 11 is 0. The number of anilines is 2. The highest BCUT2D eigenvalue weighted by molar-refractivity contribution is 5.78. The molecule has 0 saturated heterocycles. The summed E-state index contributed by atoms with van der Waals surface area (Å²) in [7, 11) is 0. The van der Waals surface area contributed by atoms with E-state index in [0.29, 0.717) is 22.8 Å². The van der Waals surface area contributed by atoms with Gasteiger partial charge in [0.15, 0.2) is 0 Å². The maximum Gasteiger partial charge on any atom is 0.416 e. The van der Waals surface area contributed by atoms with Crippen molar-refractivity contribution in [2.75, 3.05) is 5.32 Å². The molecule has 1 aromatic heterocycles. The fourth-order valence-electron chi connectivity index (χ4n) is 2.13. The van der Waals surface area contributed by atoms with Crippen molar-refractivity contribution in [1.29, 1.82) is 0 Å². The van der Waals surface area contributed by atoms with Gasteiger partial charge in [-0.3, -0.25) is 0 Å². The van der Waals surface area contributed by atoms with Crippen LogP contribution in [0.2, 0.25) is 0 Å². The first-order valence-electron chi connectivity index (χ1n) is 6.72. The van der Waals surface area contributed by atoms with Crippen LogP contribution >= 0.6 is 0 Å². The Morgan fingerprint density at radius 2 is 1.78 bits per heavy atom. The number of alkyl halides is 3. The highest BCUT2D eigenvalue weighted by Crippen LogP contribution is 2.32. The summed E-state index contributed by atoms with van der Waals surface area (Å²) < 4.78 is 37.8. The van der Waals surface area contributed by atoms with Crippen LogP contribution in [-0.2, 0) is 6.18 Å². The summed E-state index contributed by atoms with van der Waals surface area (Å²) in [6.45, 7) is 1.91. The van der Waals surface area contributed by atoms with E-state index in [4.69, 9.17) is 0 Å². The summed E-state index contributed by atoms with van der Waals surface area (Å²) in [5, 5.41) is 16.8. The third-order valence-corrected chi connectivity index (χ3v) is 3.25. The highest BCUT2D eigenvalue weighted by atomic mass is 19.4. The Morgan fingerprint density at radius 1 is 1.04 bits per heavy atom. The number of nitrogens with zero attached hydrogens (tertiary/aromatic N) is 3. The van der Waals surface area contributed by atoms with E-state index in [1.165, 1.54) is 12.1 Å². The minimum atomic E-state index is -4.35. The monoisotopic (exact) mass is 319 g/mol. The van der Waals surface area contributed by atoms with Crippen molar-refractivity contribution in [2.45, 2.75) is 13.1 Å². The second-order valence-electron chi connectivity index (χ2n) is 4.98. The van der Waals surface area contributed by atoms with Crippen molar-refractivity contribution in [2.24, 2.45) is 0 Å². The Labute approximate surface area is 129 Å². The fourth-order valence-corrected chi connectivity index (χ4v) is 2.13. The molecular weight excluding hydrogens is 307 g/mol. The molecule has 0 atom stereocenters. The average molecular weight is 319 g/mol. The maximum atomic E-state index is 12.6. The van der Waals surface area contributed by atoms with Crippen molar-refractivity contribution in [3.8, 4) is 11.4 Å². The van der Waals surface area contributed by atoms with E-state index >= 15 is 0 Å². The van der Waals surface area contributed by atoms with Crippen molar-refractivity contribution >= 4 is 11.4 Å². The van der Waals surface area contributed by atoms with Crippen LogP contribution in [0.1, 0.15) is 11.1 Å². The number of hydrogen-bond acceptors (Lipinski definition) is 4. The Kier molecular flexibility index (Phi) is 3.73. The van der Waals surface area contributed by atoms with Gasteiger partial charge in [-0.1, -0.05) is 6.07 Å². The molecule has 0 saturated carbocycles. The zero-order valence-corrected chi connectivity index (χ0v) is 12.0. The number of H-pyrrole nitrogens is 1. The lowest BCUT2D eigenvalue weighted by molar-refractivity contribution is -0.137. The number of tetrazole rings is 1. The van der Waals surface area contributed by atoms with E-state index in [0.717, 1.165) is 17.7 Å². The van der Waals surface area contributed by atoms with Gasteiger partial charge in [0.2, 0.25) is 5.82 Å². The molecule has 8 heteroatoms. The third-order valence-electron chi connectivity index (χ3n) is 3.25. The SMILES string of the molecule is Cc1ccc(-c2nn[nH]n2)c(Nc2ccc(C(F)(F)F)cc2)c1. The van der Waals surface area contributed by atoms with Crippen LogP contribution in [-0.4, -0.2) is 20.6 Å². The number of aryl methyl sites for hydroxylation is 1. The number of rotatable bonds is 3. The summed E-state index contributed by atoms with van der Waals surface area (Å²) in [4.78, 5) is 0. The molecule has 2 aromatic carbocycles. The van der Waals surface area contributed by atoms with E-state index in [1.807, 2.05) is 25.1 Å². The number of nitrogens with one attached hydrogen (secondary N) is 2.